The molecule has 0 radical (unpaired) electrons. The number of nitriles is 4. The first-order chi connectivity index (χ1) is 24.3. The van der Waals surface area contributed by atoms with Crippen molar-refractivity contribution in [1.29, 1.82) is 21.0 Å². The van der Waals surface area contributed by atoms with Crippen LogP contribution in [0.25, 0.3) is 63.8 Å². The second-order valence-corrected chi connectivity index (χ2v) is 17.2. The van der Waals surface area contributed by atoms with Crippen molar-refractivity contribution in [2.24, 2.45) is 0 Å². The van der Waals surface area contributed by atoms with E-state index in [9.17, 15) is 21.0 Å². The molecule has 0 unspecified atom stereocenters. The van der Waals surface area contributed by atoms with E-state index < -0.39 is 0 Å². The first kappa shape index (κ1) is 33.3. The summed E-state index contributed by atoms with van der Waals surface area (Å²) in [5, 5.41) is 39.3. The van der Waals surface area contributed by atoms with E-state index in [-0.39, 0.29) is 0 Å². The summed E-state index contributed by atoms with van der Waals surface area (Å²) in [6.45, 7) is 8.07. The number of thiophene rings is 4. The monoisotopic (exact) mass is 756 g/mol. The van der Waals surface area contributed by atoms with Gasteiger partial charge in [0.15, 0.2) is 0 Å². The topological polar surface area (TPSA) is 147 Å². The molecular weight excluding hydrogens is 737 g/mol. The van der Waals surface area contributed by atoms with Crippen LogP contribution in [-0.4, -0.2) is 17.5 Å². The smallest absolute Gasteiger partial charge is 0.115 e. The van der Waals surface area contributed by atoms with Crippen LogP contribution in [0.5, 0.6) is 0 Å². The van der Waals surface area contributed by atoms with Crippen molar-refractivity contribution in [3.05, 3.63) is 90.3 Å². The van der Waals surface area contributed by atoms with Gasteiger partial charge in [0.25, 0.3) is 0 Å². The Kier molecular flexibility index (Phi) is 9.09. The lowest BCUT2D eigenvalue weighted by atomic mass is 9.93. The van der Waals surface area contributed by atoms with Crippen molar-refractivity contribution in [1.82, 2.24) is 17.5 Å². The Balaban J connectivity index is 0.000000157. The molecule has 6 heterocycles. The Morgan fingerprint density at radius 2 is 0.600 bits per heavy atom. The second-order valence-electron chi connectivity index (χ2n) is 11.0. The summed E-state index contributed by atoms with van der Waals surface area (Å²) in [7, 11) is 0. The summed E-state index contributed by atoms with van der Waals surface area (Å²) in [5.41, 5.74) is 7.19. The van der Waals surface area contributed by atoms with Gasteiger partial charge in [0, 0.05) is 61.3 Å². The molecule has 0 amide bonds. The third kappa shape index (κ3) is 5.69. The fraction of sp³-hybridized carbons (Fsp3) is 0.111. The molecule has 0 fully saturated rings. The van der Waals surface area contributed by atoms with Gasteiger partial charge in [-0.3, -0.25) is 0 Å². The van der Waals surface area contributed by atoms with Crippen molar-refractivity contribution in [2.45, 2.75) is 27.7 Å². The zero-order valence-corrected chi connectivity index (χ0v) is 31.5. The summed E-state index contributed by atoms with van der Waals surface area (Å²) in [6.07, 6.45) is 0. The highest BCUT2D eigenvalue weighted by Gasteiger charge is 2.27. The highest BCUT2D eigenvalue weighted by molar-refractivity contribution is 7.16. The molecule has 6 aromatic heterocycles. The molecule has 2 aromatic carbocycles. The molecule has 0 aliphatic carbocycles. The Morgan fingerprint density at radius 1 is 0.380 bits per heavy atom. The third-order valence-electron chi connectivity index (χ3n) is 7.82. The van der Waals surface area contributed by atoms with E-state index in [0.717, 1.165) is 84.7 Å². The highest BCUT2D eigenvalue weighted by atomic mass is 32.1. The number of rotatable bonds is 4. The Morgan fingerprint density at radius 3 is 0.760 bits per heavy atom. The molecule has 0 atom stereocenters. The molecule has 0 saturated carbocycles. The summed E-state index contributed by atoms with van der Waals surface area (Å²) in [4.78, 5) is 8.35. The van der Waals surface area contributed by atoms with E-state index in [4.69, 9.17) is 0 Å². The Labute approximate surface area is 311 Å². The van der Waals surface area contributed by atoms with Crippen molar-refractivity contribution in [2.75, 3.05) is 0 Å². The number of aryl methyl sites for hydroxylation is 4. The van der Waals surface area contributed by atoms with Gasteiger partial charge in [-0.25, -0.2) is 0 Å². The van der Waals surface area contributed by atoms with E-state index in [2.05, 4.69) is 41.8 Å². The van der Waals surface area contributed by atoms with E-state index in [0.29, 0.717) is 44.3 Å². The van der Waals surface area contributed by atoms with E-state index in [1.165, 1.54) is 0 Å². The standard InChI is InChI=1S/2C18H10N4S3/c2*1-9-3-5-13(23-9)15-11(7-19)12(8-20)16(14-6-4-10(2)24-14)18-17(15)21-25-22-18/h2*3-6H,1-2H3. The van der Waals surface area contributed by atoms with Crippen LogP contribution in [0.15, 0.2) is 48.5 Å². The molecule has 0 aliphatic heterocycles. The van der Waals surface area contributed by atoms with Gasteiger partial charge in [-0.05, 0) is 76.2 Å². The second kappa shape index (κ2) is 13.6. The van der Waals surface area contributed by atoms with Crippen molar-refractivity contribution < 1.29 is 0 Å². The van der Waals surface area contributed by atoms with Crippen molar-refractivity contribution in [3.8, 4) is 66.0 Å². The molecule has 8 aromatic rings. The van der Waals surface area contributed by atoms with Gasteiger partial charge in [-0.1, -0.05) is 0 Å². The molecule has 0 bridgehead atoms. The fourth-order valence-electron chi connectivity index (χ4n) is 5.69. The maximum atomic E-state index is 9.83. The molecule has 240 valence electrons. The molecule has 0 aliphatic rings. The van der Waals surface area contributed by atoms with Crippen LogP contribution in [0.1, 0.15) is 41.8 Å². The van der Waals surface area contributed by atoms with Crippen LogP contribution in [0.3, 0.4) is 0 Å². The first-order valence-electron chi connectivity index (χ1n) is 14.8. The molecule has 0 spiro atoms. The van der Waals surface area contributed by atoms with Crippen LogP contribution >= 0.6 is 68.8 Å². The van der Waals surface area contributed by atoms with E-state index >= 15 is 0 Å². The van der Waals surface area contributed by atoms with Gasteiger partial charge in [0.1, 0.15) is 46.3 Å². The lowest BCUT2D eigenvalue weighted by Crippen LogP contribution is -1.95. The zero-order valence-electron chi connectivity index (χ0n) is 26.6. The number of aromatic nitrogens is 4. The van der Waals surface area contributed by atoms with Crippen molar-refractivity contribution in [3.63, 3.8) is 0 Å². The minimum Gasteiger partial charge on any atom is -0.192 e. The number of benzene rings is 2. The summed E-state index contributed by atoms with van der Waals surface area (Å²) in [6, 6.07) is 24.9. The average molecular weight is 757 g/mol. The molecule has 50 heavy (non-hydrogen) atoms. The molecule has 0 saturated heterocycles. The van der Waals surface area contributed by atoms with Gasteiger partial charge in [0.05, 0.1) is 45.7 Å². The Bertz CT molecular complexity index is 2400. The minimum absolute atomic E-state index is 0.380. The SMILES string of the molecule is Cc1ccc(-c2c(C#N)c(C#N)c(-c3ccc(C)s3)c3nsnc23)s1.Cc1ccc(-c2c(C#N)c(C#N)c(-c3ccc(C)s3)c3nsnc23)s1. The lowest BCUT2D eigenvalue weighted by molar-refractivity contribution is 1.44. The number of hydrogen-bond donors (Lipinski definition) is 0. The average Bonchev–Trinajstić information content (AvgIpc) is 3.97. The molecule has 0 N–H and O–H groups in total. The van der Waals surface area contributed by atoms with Crippen LogP contribution in [0.4, 0.5) is 0 Å². The maximum Gasteiger partial charge on any atom is 0.115 e. The number of fused-ring (bicyclic) bond motifs is 2. The zero-order chi connectivity index (χ0) is 35.1. The third-order valence-corrected chi connectivity index (χ3v) is 12.9. The molecule has 14 heteroatoms. The first-order valence-corrected chi connectivity index (χ1v) is 19.5. The van der Waals surface area contributed by atoms with Crippen LogP contribution < -0.4 is 0 Å². The predicted octanol–water partition coefficient (Wildman–Crippen LogP) is 11.0. The van der Waals surface area contributed by atoms with Crippen LogP contribution in [0.2, 0.25) is 0 Å². The molecule has 8 rings (SSSR count). The van der Waals surface area contributed by atoms with Crippen LogP contribution in [-0.2, 0) is 0 Å². The van der Waals surface area contributed by atoms with Crippen LogP contribution in [0, 0.1) is 73.0 Å². The maximum absolute atomic E-state index is 9.83. The molecular formula is C36H20N8S6. The lowest BCUT2D eigenvalue weighted by Gasteiger charge is -2.09. The highest BCUT2D eigenvalue weighted by Crippen LogP contribution is 2.45. The number of hydrogen-bond acceptors (Lipinski definition) is 14. The van der Waals surface area contributed by atoms with Crippen molar-refractivity contribution >= 4 is 90.9 Å². The van der Waals surface area contributed by atoms with E-state index in [1.807, 2.05) is 76.2 Å². The van der Waals surface area contributed by atoms with Gasteiger partial charge < -0.3 is 0 Å². The Hall–Kier alpha value is -5.16. The van der Waals surface area contributed by atoms with Gasteiger partial charge in [0.2, 0.25) is 0 Å². The van der Waals surface area contributed by atoms with Gasteiger partial charge in [-0.2, -0.15) is 38.5 Å². The summed E-state index contributed by atoms with van der Waals surface area (Å²) >= 11 is 8.60. The van der Waals surface area contributed by atoms with E-state index in [1.54, 1.807) is 45.3 Å². The quantitative estimate of drug-likeness (QED) is 0.172. The normalized spacial score (nSPS) is 10.7. The minimum atomic E-state index is 0.380. The fourth-order valence-corrected chi connectivity index (χ4v) is 10.5. The van der Waals surface area contributed by atoms with Gasteiger partial charge in [-0.15, -0.1) is 45.3 Å². The number of nitrogens with zero attached hydrogens (tertiary/aromatic N) is 8. The molecule has 8 nitrogen and oxygen atoms in total. The predicted molar refractivity (Wildman–Crippen MR) is 206 cm³/mol. The van der Waals surface area contributed by atoms with Gasteiger partial charge >= 0.3 is 0 Å². The largest absolute Gasteiger partial charge is 0.192 e. The summed E-state index contributed by atoms with van der Waals surface area (Å²) in [5.74, 6) is 0. The summed E-state index contributed by atoms with van der Waals surface area (Å²) < 4.78 is 17.9.